The third-order valence-corrected chi connectivity index (χ3v) is 4.27. The van der Waals surface area contributed by atoms with E-state index in [1.54, 1.807) is 6.92 Å². The number of alkyl halides is 3. The molecule has 3 rings (SSSR count). The molecule has 1 aliphatic rings. The number of hydrogen-bond donors (Lipinski definition) is 1. The van der Waals surface area contributed by atoms with Crippen LogP contribution in [0.5, 0.6) is 0 Å². The fourth-order valence-electron chi connectivity index (χ4n) is 2.78. The highest BCUT2D eigenvalue weighted by Crippen LogP contribution is 2.35. The van der Waals surface area contributed by atoms with Crippen molar-refractivity contribution in [3.8, 4) is 0 Å². The highest BCUT2D eigenvalue weighted by molar-refractivity contribution is 5.97. The van der Waals surface area contributed by atoms with E-state index < -0.39 is 30.2 Å². The number of benzene rings is 1. The van der Waals surface area contributed by atoms with Crippen LogP contribution in [-0.4, -0.2) is 54.8 Å². The number of halogens is 3. The van der Waals surface area contributed by atoms with Gasteiger partial charge in [0.25, 0.3) is 5.91 Å². The Bertz CT molecular complexity index is 913. The fraction of sp³-hybridized carbons (Fsp3) is 0.368. The summed E-state index contributed by atoms with van der Waals surface area (Å²) in [5.41, 5.74) is 0.0194. The van der Waals surface area contributed by atoms with Crippen LogP contribution in [0.4, 0.5) is 24.5 Å². The lowest BCUT2D eigenvalue weighted by Crippen LogP contribution is -2.37. The summed E-state index contributed by atoms with van der Waals surface area (Å²) in [5, 5.41) is 2.40. The van der Waals surface area contributed by atoms with E-state index in [1.807, 2.05) is 4.90 Å². The van der Waals surface area contributed by atoms with Gasteiger partial charge in [-0.05, 0) is 25.1 Å². The monoisotopic (exact) mass is 424 g/mol. The number of carbonyl (C=O) groups excluding carboxylic acids is 2. The summed E-state index contributed by atoms with van der Waals surface area (Å²) in [4.78, 5) is 33.7. The summed E-state index contributed by atoms with van der Waals surface area (Å²) in [6, 6.07) is 3.12. The molecule has 1 fully saturated rings. The molecule has 160 valence electrons. The maximum Gasteiger partial charge on any atom is 0.416 e. The van der Waals surface area contributed by atoms with Crippen molar-refractivity contribution in [3.05, 3.63) is 47.5 Å². The molecule has 0 atom stereocenters. The molecule has 0 spiro atoms. The minimum Gasteiger partial charge on any atom is -0.451 e. The van der Waals surface area contributed by atoms with Gasteiger partial charge in [0, 0.05) is 19.3 Å². The summed E-state index contributed by atoms with van der Waals surface area (Å²) in [5.74, 6) is -1.65. The standard InChI is InChI=1S/C19H19F3N4O4/c1-12-9-24-15(10-23-12)18(28)30-11-17(27)25-14-8-13(19(20,21)22)2-3-16(14)26-4-6-29-7-5-26/h2-3,8-10H,4-7,11H2,1H3,(H,25,27). The van der Waals surface area contributed by atoms with Crippen LogP contribution in [0.3, 0.4) is 0 Å². The summed E-state index contributed by atoms with van der Waals surface area (Å²) >= 11 is 0. The Morgan fingerprint density at radius 2 is 1.93 bits per heavy atom. The van der Waals surface area contributed by atoms with E-state index in [0.717, 1.165) is 12.1 Å². The van der Waals surface area contributed by atoms with Crippen molar-refractivity contribution in [1.82, 2.24) is 9.97 Å². The quantitative estimate of drug-likeness (QED) is 0.737. The second-order valence-electron chi connectivity index (χ2n) is 6.50. The summed E-state index contributed by atoms with van der Waals surface area (Å²) in [6.45, 7) is 2.78. The second-order valence-corrected chi connectivity index (χ2v) is 6.50. The molecule has 1 aromatic carbocycles. The lowest BCUT2D eigenvalue weighted by atomic mass is 10.1. The van der Waals surface area contributed by atoms with E-state index in [0.29, 0.717) is 37.7 Å². The van der Waals surface area contributed by atoms with Crippen molar-refractivity contribution in [1.29, 1.82) is 0 Å². The second kappa shape index (κ2) is 9.08. The average molecular weight is 424 g/mol. The number of ether oxygens (including phenoxy) is 2. The number of nitrogens with zero attached hydrogens (tertiary/aromatic N) is 3. The molecule has 2 heterocycles. The van der Waals surface area contributed by atoms with Crippen LogP contribution in [0.2, 0.25) is 0 Å². The molecule has 8 nitrogen and oxygen atoms in total. The minimum absolute atomic E-state index is 0.0251. The largest absolute Gasteiger partial charge is 0.451 e. The first-order chi connectivity index (χ1) is 14.2. The molecule has 11 heteroatoms. The van der Waals surface area contributed by atoms with Gasteiger partial charge in [0.2, 0.25) is 0 Å². The molecule has 0 aliphatic carbocycles. The number of hydrogen-bond acceptors (Lipinski definition) is 7. The van der Waals surface area contributed by atoms with E-state index in [-0.39, 0.29) is 11.4 Å². The molecule has 30 heavy (non-hydrogen) atoms. The molecule has 2 aromatic rings. The summed E-state index contributed by atoms with van der Waals surface area (Å²) in [7, 11) is 0. The number of morpholine rings is 1. The lowest BCUT2D eigenvalue weighted by molar-refractivity contribution is -0.137. The highest BCUT2D eigenvalue weighted by Gasteiger charge is 2.32. The number of carbonyl (C=O) groups is 2. The van der Waals surface area contributed by atoms with Gasteiger partial charge in [-0.15, -0.1) is 0 Å². The van der Waals surface area contributed by atoms with E-state index in [2.05, 4.69) is 15.3 Å². The van der Waals surface area contributed by atoms with Gasteiger partial charge in [0.1, 0.15) is 0 Å². The fourth-order valence-corrected chi connectivity index (χ4v) is 2.78. The number of esters is 1. The van der Waals surface area contributed by atoms with E-state index in [4.69, 9.17) is 9.47 Å². The SMILES string of the molecule is Cc1cnc(C(=O)OCC(=O)Nc2cc(C(F)(F)F)ccc2N2CCOCC2)cn1. The first kappa shape index (κ1) is 21.5. The smallest absolute Gasteiger partial charge is 0.416 e. The third kappa shape index (κ3) is 5.44. The number of anilines is 2. The van der Waals surface area contributed by atoms with Gasteiger partial charge >= 0.3 is 12.1 Å². The first-order valence-electron chi connectivity index (χ1n) is 9.03. The van der Waals surface area contributed by atoms with Crippen LogP contribution in [0.15, 0.2) is 30.6 Å². The van der Waals surface area contributed by atoms with Crippen LogP contribution < -0.4 is 10.2 Å². The molecular formula is C19H19F3N4O4. The highest BCUT2D eigenvalue weighted by atomic mass is 19.4. The number of amides is 1. The third-order valence-electron chi connectivity index (χ3n) is 4.27. The zero-order chi connectivity index (χ0) is 21.7. The predicted octanol–water partition coefficient (Wildman–Crippen LogP) is 2.44. The Morgan fingerprint density at radius 3 is 2.57 bits per heavy atom. The lowest BCUT2D eigenvalue weighted by Gasteiger charge is -2.31. The number of nitrogens with one attached hydrogen (secondary N) is 1. The average Bonchev–Trinajstić information content (AvgIpc) is 2.72. The zero-order valence-corrected chi connectivity index (χ0v) is 16.0. The van der Waals surface area contributed by atoms with Crippen LogP contribution in [0.1, 0.15) is 21.7 Å². The van der Waals surface area contributed by atoms with E-state index in [9.17, 15) is 22.8 Å². The van der Waals surface area contributed by atoms with Crippen LogP contribution in [0, 0.1) is 6.92 Å². The van der Waals surface area contributed by atoms with Crippen molar-refractivity contribution >= 4 is 23.3 Å². The van der Waals surface area contributed by atoms with E-state index >= 15 is 0 Å². The number of aryl methyl sites for hydroxylation is 1. The van der Waals surface area contributed by atoms with Crippen molar-refractivity contribution in [2.24, 2.45) is 0 Å². The van der Waals surface area contributed by atoms with E-state index in [1.165, 1.54) is 18.5 Å². The summed E-state index contributed by atoms with van der Waals surface area (Å²) < 4.78 is 49.5. The Kier molecular flexibility index (Phi) is 6.50. The van der Waals surface area contributed by atoms with Gasteiger partial charge in [0.15, 0.2) is 12.3 Å². The van der Waals surface area contributed by atoms with Gasteiger partial charge in [-0.1, -0.05) is 0 Å². The van der Waals surface area contributed by atoms with Crippen molar-refractivity contribution in [3.63, 3.8) is 0 Å². The molecule has 0 bridgehead atoms. The van der Waals surface area contributed by atoms with Gasteiger partial charge in [-0.2, -0.15) is 13.2 Å². The number of aromatic nitrogens is 2. The van der Waals surface area contributed by atoms with Crippen LogP contribution in [-0.2, 0) is 20.4 Å². The van der Waals surface area contributed by atoms with Gasteiger partial charge in [-0.25, -0.2) is 9.78 Å². The molecule has 1 aliphatic heterocycles. The van der Waals surface area contributed by atoms with Crippen molar-refractivity contribution in [2.45, 2.75) is 13.1 Å². The molecule has 1 N–H and O–H groups in total. The predicted molar refractivity (Wildman–Crippen MR) is 100 cm³/mol. The topological polar surface area (TPSA) is 93.6 Å². The molecular weight excluding hydrogens is 405 g/mol. The summed E-state index contributed by atoms with van der Waals surface area (Å²) in [6.07, 6.45) is -1.99. The molecule has 1 saturated heterocycles. The maximum absolute atomic E-state index is 13.1. The Labute approximate surface area is 170 Å². The normalized spacial score (nSPS) is 14.3. The molecule has 1 amide bonds. The number of rotatable bonds is 5. The van der Waals surface area contributed by atoms with Crippen molar-refractivity contribution < 1.29 is 32.2 Å². The molecule has 0 saturated carbocycles. The maximum atomic E-state index is 13.1. The molecule has 0 radical (unpaired) electrons. The molecule has 0 unspecified atom stereocenters. The Balaban J connectivity index is 1.71. The Hall–Kier alpha value is -3.21. The van der Waals surface area contributed by atoms with Crippen molar-refractivity contribution in [2.75, 3.05) is 43.1 Å². The Morgan fingerprint density at radius 1 is 1.20 bits per heavy atom. The van der Waals surface area contributed by atoms with Gasteiger partial charge < -0.3 is 19.7 Å². The van der Waals surface area contributed by atoms with Gasteiger partial charge in [0.05, 0.1) is 42.0 Å². The van der Waals surface area contributed by atoms with Gasteiger partial charge in [-0.3, -0.25) is 9.78 Å². The molecule has 1 aromatic heterocycles. The zero-order valence-electron chi connectivity index (χ0n) is 16.0. The first-order valence-corrected chi connectivity index (χ1v) is 9.03. The minimum atomic E-state index is -4.57. The van der Waals surface area contributed by atoms with Crippen LogP contribution >= 0.6 is 0 Å². The van der Waals surface area contributed by atoms with Crippen LogP contribution in [0.25, 0.3) is 0 Å².